The Hall–Kier alpha value is -2.55. The van der Waals surface area contributed by atoms with Gasteiger partial charge in [-0.2, -0.15) is 0 Å². The molecule has 2 heterocycles. The van der Waals surface area contributed by atoms with Crippen molar-refractivity contribution in [3.05, 3.63) is 42.4 Å². The number of amides is 2. The van der Waals surface area contributed by atoms with Crippen LogP contribution in [0.15, 0.2) is 41.3 Å². The van der Waals surface area contributed by atoms with Crippen molar-refractivity contribution in [1.82, 2.24) is 15.2 Å². The van der Waals surface area contributed by atoms with E-state index in [1.807, 2.05) is 45.0 Å². The SMILES string of the molecule is CC(C)(C)[C@H](N)C(=O)N(Cc1ccc(-c2cnco2)cc1)C(=O)[C@@H]1C[C@@H](O)CN1. The van der Waals surface area contributed by atoms with Gasteiger partial charge in [-0.1, -0.05) is 45.0 Å². The smallest absolute Gasteiger partial charge is 0.246 e. The molecule has 1 aliphatic rings. The Morgan fingerprint density at radius 3 is 2.55 bits per heavy atom. The monoisotopic (exact) mass is 400 g/mol. The molecule has 4 N–H and O–H groups in total. The number of hydrogen-bond donors (Lipinski definition) is 3. The molecule has 2 aromatic rings. The lowest BCUT2D eigenvalue weighted by atomic mass is 9.86. The van der Waals surface area contributed by atoms with Crippen molar-refractivity contribution in [1.29, 1.82) is 0 Å². The van der Waals surface area contributed by atoms with Crippen LogP contribution in [0.5, 0.6) is 0 Å². The fourth-order valence-electron chi connectivity index (χ4n) is 3.21. The van der Waals surface area contributed by atoms with E-state index >= 15 is 0 Å². The molecule has 1 aliphatic heterocycles. The number of oxazole rings is 1. The van der Waals surface area contributed by atoms with Crippen molar-refractivity contribution in [2.45, 2.75) is 51.9 Å². The second-order valence-corrected chi connectivity index (χ2v) is 8.52. The Balaban J connectivity index is 1.82. The van der Waals surface area contributed by atoms with Gasteiger partial charge in [0.25, 0.3) is 0 Å². The highest BCUT2D eigenvalue weighted by molar-refractivity contribution is 6.00. The summed E-state index contributed by atoms with van der Waals surface area (Å²) < 4.78 is 5.29. The summed E-state index contributed by atoms with van der Waals surface area (Å²) in [6.07, 6.45) is 2.66. The van der Waals surface area contributed by atoms with Crippen molar-refractivity contribution in [2.24, 2.45) is 11.1 Å². The first kappa shape index (κ1) is 21.2. The Labute approximate surface area is 170 Å². The Kier molecular flexibility index (Phi) is 6.16. The summed E-state index contributed by atoms with van der Waals surface area (Å²) in [6.45, 7) is 6.02. The number of aliphatic hydroxyl groups is 1. The number of aliphatic hydroxyl groups excluding tert-OH is 1. The van der Waals surface area contributed by atoms with Crippen LogP contribution in [-0.2, 0) is 16.1 Å². The zero-order chi connectivity index (χ0) is 21.2. The summed E-state index contributed by atoms with van der Waals surface area (Å²) in [7, 11) is 0. The van der Waals surface area contributed by atoms with E-state index in [1.165, 1.54) is 11.3 Å². The molecule has 8 nitrogen and oxygen atoms in total. The average Bonchev–Trinajstić information content (AvgIpc) is 3.36. The van der Waals surface area contributed by atoms with Crippen LogP contribution >= 0.6 is 0 Å². The summed E-state index contributed by atoms with van der Waals surface area (Å²) >= 11 is 0. The highest BCUT2D eigenvalue weighted by Gasteiger charge is 2.38. The topological polar surface area (TPSA) is 122 Å². The van der Waals surface area contributed by atoms with Gasteiger partial charge < -0.3 is 20.6 Å². The molecule has 1 saturated heterocycles. The maximum Gasteiger partial charge on any atom is 0.246 e. The number of rotatable bonds is 5. The minimum Gasteiger partial charge on any atom is -0.444 e. The zero-order valence-corrected chi connectivity index (χ0v) is 17.0. The fraction of sp³-hybridized carbons (Fsp3) is 0.476. The number of nitrogens with one attached hydrogen (secondary N) is 1. The number of carbonyl (C=O) groups excluding carboxylic acids is 2. The lowest BCUT2D eigenvalue weighted by molar-refractivity contribution is -0.149. The molecule has 3 rings (SSSR count). The molecule has 8 heteroatoms. The van der Waals surface area contributed by atoms with Crippen molar-refractivity contribution >= 4 is 11.8 Å². The van der Waals surface area contributed by atoms with Crippen molar-refractivity contribution in [3.63, 3.8) is 0 Å². The third-order valence-electron chi connectivity index (χ3n) is 5.15. The lowest BCUT2D eigenvalue weighted by Crippen LogP contribution is -2.55. The second-order valence-electron chi connectivity index (χ2n) is 8.52. The van der Waals surface area contributed by atoms with Gasteiger partial charge in [0.1, 0.15) is 0 Å². The first-order chi connectivity index (χ1) is 13.7. The van der Waals surface area contributed by atoms with E-state index < -0.39 is 29.5 Å². The summed E-state index contributed by atoms with van der Waals surface area (Å²) in [5.41, 5.74) is 7.31. The van der Waals surface area contributed by atoms with Gasteiger partial charge in [0.05, 0.1) is 30.9 Å². The van der Waals surface area contributed by atoms with Crippen LogP contribution in [0.2, 0.25) is 0 Å². The van der Waals surface area contributed by atoms with Gasteiger partial charge in [0, 0.05) is 12.1 Å². The number of β-amino-alcohol motifs (C(OH)–C–C–N with tert-alkyl or cyclic N) is 1. The van der Waals surface area contributed by atoms with E-state index in [0.717, 1.165) is 11.1 Å². The minimum absolute atomic E-state index is 0.104. The van der Waals surface area contributed by atoms with Gasteiger partial charge in [-0.25, -0.2) is 4.98 Å². The Morgan fingerprint density at radius 2 is 2.03 bits per heavy atom. The van der Waals surface area contributed by atoms with Crippen molar-refractivity contribution in [2.75, 3.05) is 6.54 Å². The van der Waals surface area contributed by atoms with Crippen LogP contribution in [-0.4, -0.2) is 51.5 Å². The zero-order valence-electron chi connectivity index (χ0n) is 17.0. The molecule has 1 fully saturated rings. The standard InChI is InChI=1S/C21H28N4O4/c1-21(2,3)18(22)20(28)25(19(27)16-8-15(26)9-24-16)11-13-4-6-14(7-5-13)17-10-23-12-29-17/h4-7,10,12,15-16,18,24,26H,8-9,11,22H2,1-3H3/t15-,16+,18-/m1/s1. The van der Waals surface area contributed by atoms with Gasteiger partial charge in [-0.3, -0.25) is 14.5 Å². The molecule has 0 bridgehead atoms. The van der Waals surface area contributed by atoms with E-state index in [0.29, 0.717) is 12.3 Å². The second kappa shape index (κ2) is 8.44. The van der Waals surface area contributed by atoms with Gasteiger partial charge in [-0.15, -0.1) is 0 Å². The summed E-state index contributed by atoms with van der Waals surface area (Å²) in [4.78, 5) is 31.3. The van der Waals surface area contributed by atoms with E-state index in [2.05, 4.69) is 10.3 Å². The lowest BCUT2D eigenvalue weighted by Gasteiger charge is -2.32. The number of nitrogens with two attached hydrogens (primary N) is 1. The molecule has 3 atom stereocenters. The summed E-state index contributed by atoms with van der Waals surface area (Å²) in [6, 6.07) is 5.95. The molecular formula is C21H28N4O4. The molecular weight excluding hydrogens is 372 g/mol. The third kappa shape index (κ3) is 4.90. The first-order valence-corrected chi connectivity index (χ1v) is 9.67. The van der Waals surface area contributed by atoms with Gasteiger partial charge in [0.2, 0.25) is 11.8 Å². The predicted molar refractivity (Wildman–Crippen MR) is 107 cm³/mol. The number of hydrogen-bond acceptors (Lipinski definition) is 7. The number of imide groups is 1. The average molecular weight is 400 g/mol. The predicted octanol–water partition coefficient (Wildman–Crippen LogP) is 1.29. The maximum absolute atomic E-state index is 13.1. The fourth-order valence-corrected chi connectivity index (χ4v) is 3.21. The van der Waals surface area contributed by atoms with Crippen LogP contribution in [0, 0.1) is 5.41 Å². The first-order valence-electron chi connectivity index (χ1n) is 9.67. The number of benzene rings is 1. The molecule has 156 valence electrons. The van der Waals surface area contributed by atoms with Gasteiger partial charge in [-0.05, 0) is 17.4 Å². The molecule has 29 heavy (non-hydrogen) atoms. The van der Waals surface area contributed by atoms with E-state index in [4.69, 9.17) is 10.2 Å². The molecule has 0 radical (unpaired) electrons. The number of nitrogens with zero attached hydrogens (tertiary/aromatic N) is 2. The van der Waals surface area contributed by atoms with E-state index in [1.54, 1.807) is 6.20 Å². The van der Waals surface area contributed by atoms with Gasteiger partial charge in [0.15, 0.2) is 12.2 Å². The van der Waals surface area contributed by atoms with Crippen LogP contribution in [0.4, 0.5) is 0 Å². The van der Waals surface area contributed by atoms with Crippen LogP contribution in [0.1, 0.15) is 32.8 Å². The molecule has 1 aromatic heterocycles. The highest BCUT2D eigenvalue weighted by atomic mass is 16.3. The van der Waals surface area contributed by atoms with Crippen LogP contribution in [0.3, 0.4) is 0 Å². The van der Waals surface area contributed by atoms with Gasteiger partial charge >= 0.3 is 0 Å². The normalized spacial score (nSPS) is 20.4. The Morgan fingerprint density at radius 1 is 1.34 bits per heavy atom. The quantitative estimate of drug-likeness (QED) is 0.691. The molecule has 2 amide bonds. The molecule has 0 saturated carbocycles. The molecule has 0 unspecified atom stereocenters. The Bertz CT molecular complexity index is 843. The van der Waals surface area contributed by atoms with E-state index in [9.17, 15) is 14.7 Å². The van der Waals surface area contributed by atoms with E-state index in [-0.39, 0.29) is 18.9 Å². The molecule has 0 spiro atoms. The van der Waals surface area contributed by atoms with Crippen molar-refractivity contribution < 1.29 is 19.1 Å². The van der Waals surface area contributed by atoms with Crippen molar-refractivity contribution in [3.8, 4) is 11.3 Å². The van der Waals surface area contributed by atoms with Crippen LogP contribution in [0.25, 0.3) is 11.3 Å². The highest BCUT2D eigenvalue weighted by Crippen LogP contribution is 2.23. The molecule has 0 aliphatic carbocycles. The third-order valence-corrected chi connectivity index (χ3v) is 5.15. The summed E-state index contributed by atoms with van der Waals surface area (Å²) in [5, 5.41) is 12.7. The largest absolute Gasteiger partial charge is 0.444 e. The van der Waals surface area contributed by atoms with Crippen LogP contribution < -0.4 is 11.1 Å². The number of aromatic nitrogens is 1. The molecule has 1 aromatic carbocycles. The minimum atomic E-state index is -0.828. The maximum atomic E-state index is 13.1. The summed E-state index contributed by atoms with van der Waals surface area (Å²) in [5.74, 6) is -0.157. The number of carbonyl (C=O) groups is 2.